The number of hydrogen-bond acceptors (Lipinski definition) is 0. The summed E-state index contributed by atoms with van der Waals surface area (Å²) in [7, 11) is 15.9. The zero-order valence-corrected chi connectivity index (χ0v) is 20.5. The van der Waals surface area contributed by atoms with Crippen LogP contribution in [0, 0.1) is 0 Å². The molecule has 0 radical (unpaired) electrons. The van der Waals surface area contributed by atoms with Gasteiger partial charge in [0, 0.05) is 0 Å². The van der Waals surface area contributed by atoms with E-state index < -0.39 is 21.5 Å². The van der Waals surface area contributed by atoms with Crippen molar-refractivity contribution in [3.8, 4) is 0 Å². The Bertz CT molecular complexity index is 837. The van der Waals surface area contributed by atoms with E-state index in [4.69, 9.17) is 17.0 Å². The molecule has 2 aromatic carbocycles. The fourth-order valence-electron chi connectivity index (χ4n) is 4.98. The maximum absolute atomic E-state index is 7.93. The van der Waals surface area contributed by atoms with Crippen LogP contribution in [-0.2, 0) is 15.6 Å². The molecule has 3 atom stereocenters. The van der Waals surface area contributed by atoms with Crippen LogP contribution in [0.5, 0.6) is 0 Å². The van der Waals surface area contributed by atoms with Gasteiger partial charge in [-0.15, -0.1) is 0 Å². The van der Waals surface area contributed by atoms with E-state index >= 15 is 0 Å². The van der Waals surface area contributed by atoms with Crippen LogP contribution >= 0.6 is 17.0 Å². The third-order valence-corrected chi connectivity index (χ3v) is 57.1. The molecule has 0 amide bonds. The van der Waals surface area contributed by atoms with Gasteiger partial charge in [-0.25, -0.2) is 0 Å². The van der Waals surface area contributed by atoms with Crippen LogP contribution in [0.3, 0.4) is 0 Å². The first kappa shape index (κ1) is 18.9. The topological polar surface area (TPSA) is 0 Å². The maximum atomic E-state index is 7.93. The minimum absolute atomic E-state index is 0.227. The average Bonchev–Trinajstić information content (AvgIpc) is 3.27. The Balaban J connectivity index is 1.91. The van der Waals surface area contributed by atoms with Gasteiger partial charge in [0.2, 0.25) is 0 Å². The number of halogens is 2. The molecule has 4 heteroatoms. The van der Waals surface area contributed by atoms with Crippen LogP contribution in [0.2, 0.25) is 12.6 Å². The van der Waals surface area contributed by atoms with Gasteiger partial charge in [-0.2, -0.15) is 0 Å². The Labute approximate surface area is 165 Å². The van der Waals surface area contributed by atoms with E-state index in [-0.39, 0.29) is 7.25 Å². The Kier molecular flexibility index (Phi) is 5.02. The molecule has 2 aromatic rings. The first-order valence-electron chi connectivity index (χ1n) is 9.58. The molecular formula is C22H25Cl2SiZr. The third-order valence-electron chi connectivity index (χ3n) is 6.45. The van der Waals surface area contributed by atoms with Gasteiger partial charge in [-0.05, 0) is 0 Å². The van der Waals surface area contributed by atoms with Crippen molar-refractivity contribution in [2.24, 2.45) is 0 Å². The van der Waals surface area contributed by atoms with Crippen LogP contribution in [-0.4, -0.2) is 5.92 Å². The van der Waals surface area contributed by atoms with Crippen molar-refractivity contribution in [2.75, 3.05) is 0 Å². The summed E-state index contributed by atoms with van der Waals surface area (Å²) in [5.74, 6) is -1.33. The van der Waals surface area contributed by atoms with Gasteiger partial charge in [0.15, 0.2) is 0 Å². The predicted molar refractivity (Wildman–Crippen MR) is 116 cm³/mol. The molecule has 0 fully saturated rings. The van der Waals surface area contributed by atoms with E-state index in [0.717, 1.165) is 0 Å². The number of hydrogen-bond donors (Lipinski definition) is 0. The summed E-state index contributed by atoms with van der Waals surface area (Å²) in [6.07, 6.45) is 10.3. The zero-order chi connectivity index (χ0) is 18.4. The molecule has 4 rings (SSSR count). The van der Waals surface area contributed by atoms with Gasteiger partial charge in [-0.1, -0.05) is 0 Å². The second-order valence-corrected chi connectivity index (χ2v) is 49.4. The fourth-order valence-corrected chi connectivity index (χ4v) is 42.1. The molecule has 0 aromatic heterocycles. The van der Waals surface area contributed by atoms with Gasteiger partial charge >= 0.3 is 167 Å². The molecule has 2 aliphatic rings. The van der Waals surface area contributed by atoms with Crippen molar-refractivity contribution < 1.29 is 15.6 Å². The minimum atomic E-state index is -4.25. The van der Waals surface area contributed by atoms with E-state index in [1.54, 1.807) is 0 Å². The van der Waals surface area contributed by atoms with Crippen LogP contribution in [0.4, 0.5) is 0 Å². The van der Waals surface area contributed by atoms with Crippen molar-refractivity contribution in [3.63, 3.8) is 0 Å². The molecule has 0 spiro atoms. The quantitative estimate of drug-likeness (QED) is 0.395. The van der Waals surface area contributed by atoms with Crippen molar-refractivity contribution in [2.45, 2.75) is 33.2 Å². The Morgan fingerprint density at radius 2 is 1.31 bits per heavy atom. The second-order valence-electron chi connectivity index (χ2n) is 7.85. The monoisotopic (exact) mass is 477 g/mol. The summed E-state index contributed by atoms with van der Waals surface area (Å²) in [5, 5.41) is 0. The average molecular weight is 480 g/mol. The SMILES string of the molecule is CCC[SiH](C)[Zr]([Cl])([Cl])([CH]1C=Cc2ccccc21)[CH]1C=Cc2ccccc21. The molecule has 135 valence electrons. The van der Waals surface area contributed by atoms with Crippen LogP contribution in [0.15, 0.2) is 60.7 Å². The van der Waals surface area contributed by atoms with Crippen molar-refractivity contribution in [1.82, 2.24) is 0 Å². The Morgan fingerprint density at radius 1 is 0.846 bits per heavy atom. The molecule has 0 saturated carbocycles. The van der Waals surface area contributed by atoms with E-state index in [1.807, 2.05) is 0 Å². The van der Waals surface area contributed by atoms with E-state index in [2.05, 4.69) is 86.3 Å². The van der Waals surface area contributed by atoms with E-state index in [9.17, 15) is 0 Å². The van der Waals surface area contributed by atoms with Crippen molar-refractivity contribution >= 4 is 35.1 Å². The molecule has 3 unspecified atom stereocenters. The molecule has 0 bridgehead atoms. The predicted octanol–water partition coefficient (Wildman–Crippen LogP) is 7.28. The number of benzene rings is 2. The number of allylic oxidation sites excluding steroid dienone is 2. The number of rotatable bonds is 5. The Hall–Kier alpha value is -0.400. The molecule has 2 aliphatic carbocycles. The first-order valence-corrected chi connectivity index (χ1v) is 25.6. The van der Waals surface area contributed by atoms with Crippen molar-refractivity contribution in [1.29, 1.82) is 0 Å². The summed E-state index contributed by atoms with van der Waals surface area (Å²) in [6, 6.07) is 18.6. The van der Waals surface area contributed by atoms with Crippen LogP contribution in [0.1, 0.15) is 42.8 Å². The molecule has 0 heterocycles. The molecule has 0 N–H and O–H groups in total. The normalized spacial score (nSPS) is 23.3. The first-order chi connectivity index (χ1) is 12.5. The van der Waals surface area contributed by atoms with E-state index in [0.29, 0.717) is 0 Å². The fraction of sp³-hybridized carbons (Fsp3) is 0.273. The van der Waals surface area contributed by atoms with Gasteiger partial charge < -0.3 is 0 Å². The molecule has 0 nitrogen and oxygen atoms in total. The summed E-state index contributed by atoms with van der Waals surface area (Å²) < 4.78 is 0.454. The summed E-state index contributed by atoms with van der Waals surface area (Å²) in [5.41, 5.74) is 5.31. The standard InChI is InChI=1S/2C9H7.C4H11Si.2ClH.Zr/c2*1-2-5-9-7-3-6-8(9)4-1;1-3-4-5-2;;;/h2*1-7H;5H,3-4H2,1-2H3;2*1H;/q;;;;;+2/p-2. The summed E-state index contributed by atoms with van der Waals surface area (Å²) >= 11 is -4.25. The van der Waals surface area contributed by atoms with Gasteiger partial charge in [0.25, 0.3) is 0 Å². The summed E-state index contributed by atoms with van der Waals surface area (Å²) in [4.78, 5) is 0. The molecule has 26 heavy (non-hydrogen) atoms. The molecule has 0 saturated heterocycles. The second kappa shape index (κ2) is 6.89. The number of fused-ring (bicyclic) bond motifs is 2. The summed E-state index contributed by atoms with van der Waals surface area (Å²) in [6.45, 7) is 4.71. The molecular weight excluding hydrogens is 454 g/mol. The Morgan fingerprint density at radius 3 is 1.77 bits per heavy atom. The van der Waals surface area contributed by atoms with E-state index in [1.165, 1.54) is 34.7 Å². The third kappa shape index (κ3) is 2.72. The van der Waals surface area contributed by atoms with Gasteiger partial charge in [0.05, 0.1) is 0 Å². The molecule has 0 aliphatic heterocycles. The zero-order valence-electron chi connectivity index (χ0n) is 15.3. The van der Waals surface area contributed by atoms with Crippen molar-refractivity contribution in [3.05, 3.63) is 82.9 Å². The van der Waals surface area contributed by atoms with Crippen LogP contribution < -0.4 is 0 Å². The van der Waals surface area contributed by atoms with Gasteiger partial charge in [0.1, 0.15) is 0 Å². The van der Waals surface area contributed by atoms with Crippen LogP contribution in [0.25, 0.3) is 12.2 Å². The van der Waals surface area contributed by atoms with Gasteiger partial charge in [-0.3, -0.25) is 0 Å².